The maximum atomic E-state index is 12.8. The highest BCUT2D eigenvalue weighted by Gasteiger charge is 2.68. The first-order valence-corrected chi connectivity index (χ1v) is 9.46. The minimum absolute atomic E-state index is 0.0427. The SMILES string of the molecule is O=C1C[C@@H]2[C@@H]3CCN(c4ccc(CCO)cc4)[C@@H]3[C@H]1[C@@H]1OCC[C@]21O. The van der Waals surface area contributed by atoms with Crippen LogP contribution in [0.3, 0.4) is 0 Å². The van der Waals surface area contributed by atoms with Crippen LogP contribution in [0, 0.1) is 17.8 Å². The molecule has 2 N–H and O–H groups in total. The number of aliphatic hydroxyl groups is 2. The Bertz CT molecular complexity index is 689. The molecule has 0 radical (unpaired) electrons. The number of nitrogens with zero attached hydrogens (tertiary/aromatic N) is 1. The van der Waals surface area contributed by atoms with E-state index in [2.05, 4.69) is 29.2 Å². The second kappa shape index (κ2) is 5.53. The first-order chi connectivity index (χ1) is 12.1. The van der Waals surface area contributed by atoms with Gasteiger partial charge >= 0.3 is 0 Å². The topological polar surface area (TPSA) is 70.0 Å². The van der Waals surface area contributed by atoms with Crippen molar-refractivity contribution in [2.45, 2.75) is 43.4 Å². The summed E-state index contributed by atoms with van der Waals surface area (Å²) in [5, 5.41) is 20.3. The van der Waals surface area contributed by atoms with Crippen LogP contribution >= 0.6 is 0 Å². The molecule has 2 saturated heterocycles. The summed E-state index contributed by atoms with van der Waals surface area (Å²) in [5.74, 6) is 0.484. The highest BCUT2D eigenvalue weighted by Crippen LogP contribution is 2.58. The quantitative estimate of drug-likeness (QED) is 0.862. The summed E-state index contributed by atoms with van der Waals surface area (Å²) in [6.07, 6.45) is 2.57. The molecule has 5 nitrogen and oxygen atoms in total. The van der Waals surface area contributed by atoms with E-state index in [1.165, 1.54) is 0 Å². The third-order valence-electron chi connectivity index (χ3n) is 7.11. The number of Topliss-reactive ketones (excluding diaryl/α,β-unsaturated/α-hetero) is 1. The van der Waals surface area contributed by atoms with Crippen molar-refractivity contribution in [3.05, 3.63) is 29.8 Å². The molecule has 6 atom stereocenters. The van der Waals surface area contributed by atoms with Crippen molar-refractivity contribution >= 4 is 11.5 Å². The second-order valence-corrected chi connectivity index (χ2v) is 8.11. The highest BCUT2D eigenvalue weighted by molar-refractivity contribution is 5.86. The van der Waals surface area contributed by atoms with Gasteiger partial charge in [-0.3, -0.25) is 4.79 Å². The zero-order chi connectivity index (χ0) is 17.2. The first kappa shape index (κ1) is 15.8. The molecule has 3 saturated carbocycles. The molecule has 0 unspecified atom stereocenters. The highest BCUT2D eigenvalue weighted by atomic mass is 16.5. The predicted octanol–water partition coefficient (Wildman–Crippen LogP) is 1.16. The third kappa shape index (κ3) is 2.09. The van der Waals surface area contributed by atoms with Crippen LogP contribution in [0.25, 0.3) is 0 Å². The minimum atomic E-state index is -0.791. The van der Waals surface area contributed by atoms with Gasteiger partial charge in [0, 0.05) is 50.2 Å². The summed E-state index contributed by atoms with van der Waals surface area (Å²) < 4.78 is 5.88. The van der Waals surface area contributed by atoms with Crippen molar-refractivity contribution < 1.29 is 19.7 Å². The van der Waals surface area contributed by atoms with Crippen molar-refractivity contribution in [3.8, 4) is 0 Å². The molecule has 5 fully saturated rings. The molecule has 2 bridgehead atoms. The Labute approximate surface area is 147 Å². The van der Waals surface area contributed by atoms with Gasteiger partial charge in [-0.05, 0) is 36.5 Å². The van der Waals surface area contributed by atoms with E-state index in [9.17, 15) is 9.90 Å². The zero-order valence-corrected chi connectivity index (χ0v) is 14.3. The van der Waals surface area contributed by atoms with E-state index >= 15 is 0 Å². The molecule has 0 aromatic heterocycles. The summed E-state index contributed by atoms with van der Waals surface area (Å²) in [7, 11) is 0. The minimum Gasteiger partial charge on any atom is -0.396 e. The number of aliphatic hydroxyl groups excluding tert-OH is 1. The predicted molar refractivity (Wildman–Crippen MR) is 92.4 cm³/mol. The Balaban J connectivity index is 1.49. The fourth-order valence-electron chi connectivity index (χ4n) is 6.06. The number of anilines is 1. The fraction of sp³-hybridized carbons (Fsp3) is 0.650. The summed E-state index contributed by atoms with van der Waals surface area (Å²) in [6.45, 7) is 1.65. The van der Waals surface area contributed by atoms with Gasteiger partial charge in [-0.25, -0.2) is 0 Å². The number of ketones is 1. The van der Waals surface area contributed by atoms with Crippen LogP contribution in [0.5, 0.6) is 0 Å². The maximum Gasteiger partial charge on any atom is 0.141 e. The van der Waals surface area contributed by atoms with Crippen molar-refractivity contribution in [3.63, 3.8) is 0 Å². The van der Waals surface area contributed by atoms with Gasteiger partial charge in [-0.2, -0.15) is 0 Å². The molecule has 25 heavy (non-hydrogen) atoms. The number of hydrogen-bond acceptors (Lipinski definition) is 5. The largest absolute Gasteiger partial charge is 0.396 e. The number of fused-ring (bicyclic) bond motifs is 1. The van der Waals surface area contributed by atoms with Crippen molar-refractivity contribution in [2.24, 2.45) is 17.8 Å². The molecule has 5 aliphatic rings. The lowest BCUT2D eigenvalue weighted by Gasteiger charge is -2.56. The second-order valence-electron chi connectivity index (χ2n) is 8.11. The first-order valence-electron chi connectivity index (χ1n) is 9.46. The van der Waals surface area contributed by atoms with E-state index in [-0.39, 0.29) is 36.4 Å². The van der Waals surface area contributed by atoms with Gasteiger partial charge in [-0.15, -0.1) is 0 Å². The zero-order valence-electron chi connectivity index (χ0n) is 14.3. The van der Waals surface area contributed by atoms with E-state index in [0.29, 0.717) is 31.8 Å². The van der Waals surface area contributed by atoms with E-state index in [1.54, 1.807) is 0 Å². The Hall–Kier alpha value is -1.43. The van der Waals surface area contributed by atoms with Gasteiger partial charge in [0.25, 0.3) is 0 Å². The monoisotopic (exact) mass is 343 g/mol. The van der Waals surface area contributed by atoms with Crippen LogP contribution in [0.4, 0.5) is 5.69 Å². The van der Waals surface area contributed by atoms with Crippen molar-refractivity contribution in [1.82, 2.24) is 0 Å². The summed E-state index contributed by atoms with van der Waals surface area (Å²) in [6, 6.07) is 8.47. The van der Waals surface area contributed by atoms with Crippen LogP contribution in [0.1, 0.15) is 24.8 Å². The molecule has 1 aromatic rings. The van der Waals surface area contributed by atoms with Crippen molar-refractivity contribution in [2.75, 3.05) is 24.7 Å². The summed E-state index contributed by atoms with van der Waals surface area (Å²) in [4.78, 5) is 15.1. The molecule has 5 heteroatoms. The lowest BCUT2D eigenvalue weighted by Crippen LogP contribution is -2.69. The normalized spacial score (nSPS) is 41.9. The van der Waals surface area contributed by atoms with E-state index in [4.69, 9.17) is 9.84 Å². The van der Waals surface area contributed by atoms with Crippen LogP contribution in [-0.4, -0.2) is 53.5 Å². The molecule has 1 aromatic carbocycles. The Kier molecular flexibility index (Phi) is 3.50. The average molecular weight is 343 g/mol. The van der Waals surface area contributed by atoms with Gasteiger partial charge in [0.1, 0.15) is 5.78 Å². The molecular weight excluding hydrogens is 318 g/mol. The number of carbonyl (C=O) groups is 1. The maximum absolute atomic E-state index is 12.8. The lowest BCUT2D eigenvalue weighted by atomic mass is 9.53. The van der Waals surface area contributed by atoms with Gasteiger partial charge in [0.2, 0.25) is 0 Å². The van der Waals surface area contributed by atoms with E-state index in [1.807, 2.05) is 0 Å². The number of hydrogen-bond donors (Lipinski definition) is 2. The van der Waals surface area contributed by atoms with Crippen LogP contribution in [0.15, 0.2) is 24.3 Å². The van der Waals surface area contributed by atoms with Gasteiger partial charge in [0.15, 0.2) is 0 Å². The standard InChI is InChI=1S/C20H25NO4/c22-9-6-12-1-3-13(4-2-12)21-8-5-14-15-11-16(23)17(18(14)21)19-20(15,24)7-10-25-19/h1-4,14-15,17-19,22,24H,5-11H2/t14-,15+,17-,18-,19-,20-/m0/s1. The third-order valence-corrected chi connectivity index (χ3v) is 7.11. The number of benzene rings is 1. The van der Waals surface area contributed by atoms with Gasteiger partial charge < -0.3 is 19.8 Å². The van der Waals surface area contributed by atoms with Gasteiger partial charge in [0.05, 0.1) is 17.6 Å². The Morgan fingerprint density at radius 1 is 1.28 bits per heavy atom. The molecule has 0 amide bonds. The van der Waals surface area contributed by atoms with Crippen LogP contribution in [-0.2, 0) is 16.0 Å². The van der Waals surface area contributed by atoms with E-state index in [0.717, 1.165) is 24.2 Å². The lowest BCUT2D eigenvalue weighted by molar-refractivity contribution is -0.186. The van der Waals surface area contributed by atoms with Crippen LogP contribution in [0.2, 0.25) is 0 Å². The molecule has 0 spiro atoms. The molecule has 6 rings (SSSR count). The average Bonchev–Trinajstić information content (AvgIpc) is 3.21. The van der Waals surface area contributed by atoms with E-state index < -0.39 is 5.60 Å². The smallest absolute Gasteiger partial charge is 0.141 e. The summed E-state index contributed by atoms with van der Waals surface area (Å²) >= 11 is 0. The Morgan fingerprint density at radius 3 is 2.84 bits per heavy atom. The van der Waals surface area contributed by atoms with Crippen molar-refractivity contribution in [1.29, 1.82) is 0 Å². The molecule has 2 aliphatic heterocycles. The molecule has 2 heterocycles. The molecule has 3 aliphatic carbocycles. The fourth-order valence-corrected chi connectivity index (χ4v) is 6.06. The van der Waals surface area contributed by atoms with Gasteiger partial charge in [-0.1, -0.05) is 12.1 Å². The number of carbonyl (C=O) groups excluding carboxylic acids is 1. The molecule has 134 valence electrons. The van der Waals surface area contributed by atoms with Crippen LogP contribution < -0.4 is 4.90 Å². The molecular formula is C20H25NO4. The summed E-state index contributed by atoms with van der Waals surface area (Å²) in [5.41, 5.74) is 1.47. The number of ether oxygens (including phenoxy) is 1. The Morgan fingerprint density at radius 2 is 2.08 bits per heavy atom. The number of rotatable bonds is 3.